The Kier molecular flexibility index (Phi) is 6.17. The van der Waals surface area contributed by atoms with Crippen molar-refractivity contribution in [3.05, 3.63) is 12.7 Å². The topological polar surface area (TPSA) is 49.5 Å². The molecule has 0 atom stereocenters. The van der Waals surface area contributed by atoms with Crippen LogP contribution in [0.3, 0.4) is 0 Å². The number of hydrogen-bond donors (Lipinski definition) is 2. The summed E-state index contributed by atoms with van der Waals surface area (Å²) in [6.45, 7) is 9.66. The highest BCUT2D eigenvalue weighted by Gasteiger charge is 2.34. The molecule has 17 heavy (non-hydrogen) atoms. The maximum Gasteiger partial charge on any atom is 0.0558 e. The van der Waals surface area contributed by atoms with E-state index in [9.17, 15) is 0 Å². The average molecular weight is 240 g/mol. The second kappa shape index (κ2) is 7.14. The van der Waals surface area contributed by atoms with Gasteiger partial charge in [0.15, 0.2) is 0 Å². The lowest BCUT2D eigenvalue weighted by atomic mass is 9.70. The molecule has 1 rings (SSSR count). The molecule has 0 saturated heterocycles. The van der Waals surface area contributed by atoms with Gasteiger partial charge in [-0.25, -0.2) is 0 Å². The van der Waals surface area contributed by atoms with Crippen molar-refractivity contribution >= 4 is 0 Å². The standard InChI is InChI=1S/C14H28N2O/c1-3-8-16(9-10-17)12-14(11-15)6-4-13(2)5-7-14/h3,13,17H,1,4-12,15H2,2H3. The molecule has 0 spiro atoms. The van der Waals surface area contributed by atoms with Crippen LogP contribution in [0.25, 0.3) is 0 Å². The number of aliphatic hydroxyl groups is 1. The van der Waals surface area contributed by atoms with E-state index in [1.54, 1.807) is 0 Å². The van der Waals surface area contributed by atoms with Crippen LogP contribution in [0.15, 0.2) is 12.7 Å². The van der Waals surface area contributed by atoms with Crippen LogP contribution < -0.4 is 5.73 Å². The van der Waals surface area contributed by atoms with Crippen molar-refractivity contribution in [1.29, 1.82) is 0 Å². The summed E-state index contributed by atoms with van der Waals surface area (Å²) in [4.78, 5) is 2.27. The Hall–Kier alpha value is -0.380. The monoisotopic (exact) mass is 240 g/mol. The molecule has 0 aromatic heterocycles. The first kappa shape index (κ1) is 14.7. The fourth-order valence-electron chi connectivity index (χ4n) is 2.83. The minimum Gasteiger partial charge on any atom is -0.395 e. The first-order valence-electron chi connectivity index (χ1n) is 6.80. The summed E-state index contributed by atoms with van der Waals surface area (Å²) >= 11 is 0. The summed E-state index contributed by atoms with van der Waals surface area (Å²) in [5, 5.41) is 9.08. The van der Waals surface area contributed by atoms with Gasteiger partial charge in [0.05, 0.1) is 6.61 Å². The van der Waals surface area contributed by atoms with Crippen molar-refractivity contribution in [2.75, 3.05) is 32.8 Å². The van der Waals surface area contributed by atoms with E-state index >= 15 is 0 Å². The predicted octanol–water partition coefficient (Wildman–Crippen LogP) is 1.62. The molecule has 0 radical (unpaired) electrons. The van der Waals surface area contributed by atoms with Gasteiger partial charge >= 0.3 is 0 Å². The van der Waals surface area contributed by atoms with Gasteiger partial charge < -0.3 is 10.8 Å². The van der Waals surface area contributed by atoms with Gasteiger partial charge in [-0.15, -0.1) is 6.58 Å². The highest BCUT2D eigenvalue weighted by Crippen LogP contribution is 2.38. The lowest BCUT2D eigenvalue weighted by Crippen LogP contribution is -2.45. The fourth-order valence-corrected chi connectivity index (χ4v) is 2.83. The van der Waals surface area contributed by atoms with Gasteiger partial charge in [-0.05, 0) is 30.7 Å². The number of aliphatic hydroxyl groups excluding tert-OH is 1. The Morgan fingerprint density at radius 1 is 1.47 bits per heavy atom. The molecule has 1 aliphatic carbocycles. The molecule has 1 saturated carbocycles. The lowest BCUT2D eigenvalue weighted by molar-refractivity contribution is 0.0897. The molecule has 100 valence electrons. The molecule has 0 aromatic rings. The van der Waals surface area contributed by atoms with Crippen LogP contribution in [-0.4, -0.2) is 42.8 Å². The van der Waals surface area contributed by atoms with Gasteiger partial charge in [0.1, 0.15) is 0 Å². The van der Waals surface area contributed by atoms with Crippen molar-refractivity contribution in [2.45, 2.75) is 32.6 Å². The van der Waals surface area contributed by atoms with E-state index in [4.69, 9.17) is 10.8 Å². The van der Waals surface area contributed by atoms with Gasteiger partial charge in [0.2, 0.25) is 0 Å². The third-order valence-corrected chi connectivity index (χ3v) is 4.13. The van der Waals surface area contributed by atoms with Gasteiger partial charge in [-0.3, -0.25) is 4.90 Å². The Morgan fingerprint density at radius 3 is 2.59 bits per heavy atom. The van der Waals surface area contributed by atoms with Gasteiger partial charge in [-0.1, -0.05) is 25.8 Å². The van der Waals surface area contributed by atoms with E-state index in [0.717, 1.165) is 32.1 Å². The third kappa shape index (κ3) is 4.41. The molecule has 3 nitrogen and oxygen atoms in total. The zero-order chi connectivity index (χ0) is 12.7. The molecule has 0 heterocycles. The van der Waals surface area contributed by atoms with Crippen molar-refractivity contribution in [2.24, 2.45) is 17.1 Å². The van der Waals surface area contributed by atoms with Crippen molar-refractivity contribution in [3.8, 4) is 0 Å². The maximum atomic E-state index is 9.08. The zero-order valence-corrected chi connectivity index (χ0v) is 11.2. The van der Waals surface area contributed by atoms with E-state index in [1.807, 2.05) is 6.08 Å². The molecular weight excluding hydrogens is 212 g/mol. The molecule has 0 amide bonds. The molecule has 1 aliphatic rings. The van der Waals surface area contributed by atoms with Gasteiger partial charge in [0, 0.05) is 19.6 Å². The van der Waals surface area contributed by atoms with Crippen LogP contribution in [-0.2, 0) is 0 Å². The summed E-state index contributed by atoms with van der Waals surface area (Å²) < 4.78 is 0. The molecule has 3 N–H and O–H groups in total. The normalized spacial score (nSPS) is 29.5. The Balaban J connectivity index is 2.56. The van der Waals surface area contributed by atoms with Crippen molar-refractivity contribution < 1.29 is 5.11 Å². The Bertz CT molecular complexity index is 222. The second-order valence-corrected chi connectivity index (χ2v) is 5.63. The zero-order valence-electron chi connectivity index (χ0n) is 11.2. The summed E-state index contributed by atoms with van der Waals surface area (Å²) in [5.74, 6) is 0.848. The van der Waals surface area contributed by atoms with Crippen LogP contribution in [0.5, 0.6) is 0 Å². The van der Waals surface area contributed by atoms with E-state index < -0.39 is 0 Å². The molecule has 0 aromatic carbocycles. The molecule has 1 fully saturated rings. The maximum absolute atomic E-state index is 9.08. The molecular formula is C14H28N2O. The van der Waals surface area contributed by atoms with Crippen LogP contribution in [0.2, 0.25) is 0 Å². The van der Waals surface area contributed by atoms with Crippen LogP contribution in [0.1, 0.15) is 32.6 Å². The predicted molar refractivity (Wildman–Crippen MR) is 72.8 cm³/mol. The fraction of sp³-hybridized carbons (Fsp3) is 0.857. The van der Waals surface area contributed by atoms with Crippen LogP contribution in [0, 0.1) is 11.3 Å². The van der Waals surface area contributed by atoms with Gasteiger partial charge in [-0.2, -0.15) is 0 Å². The molecule has 0 bridgehead atoms. The second-order valence-electron chi connectivity index (χ2n) is 5.63. The first-order chi connectivity index (χ1) is 8.15. The van der Waals surface area contributed by atoms with E-state index in [0.29, 0.717) is 0 Å². The SMILES string of the molecule is C=CCN(CCO)CC1(CN)CCC(C)CC1. The Labute approximate surface area is 106 Å². The van der Waals surface area contributed by atoms with E-state index in [1.165, 1.54) is 25.7 Å². The van der Waals surface area contributed by atoms with E-state index in [2.05, 4.69) is 18.4 Å². The minimum atomic E-state index is 0.213. The number of rotatable bonds is 7. The quantitative estimate of drug-likeness (QED) is 0.665. The number of nitrogens with zero attached hydrogens (tertiary/aromatic N) is 1. The van der Waals surface area contributed by atoms with E-state index in [-0.39, 0.29) is 12.0 Å². The Morgan fingerprint density at radius 2 is 2.12 bits per heavy atom. The average Bonchev–Trinajstić information content (AvgIpc) is 2.33. The summed E-state index contributed by atoms with van der Waals surface area (Å²) in [5.41, 5.74) is 6.28. The summed E-state index contributed by atoms with van der Waals surface area (Å²) in [6.07, 6.45) is 6.94. The highest BCUT2D eigenvalue weighted by molar-refractivity contribution is 4.89. The highest BCUT2D eigenvalue weighted by atomic mass is 16.3. The minimum absolute atomic E-state index is 0.213. The number of hydrogen-bond acceptors (Lipinski definition) is 3. The largest absolute Gasteiger partial charge is 0.395 e. The smallest absolute Gasteiger partial charge is 0.0558 e. The van der Waals surface area contributed by atoms with Crippen molar-refractivity contribution in [3.63, 3.8) is 0 Å². The van der Waals surface area contributed by atoms with Crippen LogP contribution >= 0.6 is 0 Å². The summed E-state index contributed by atoms with van der Waals surface area (Å²) in [6, 6.07) is 0. The lowest BCUT2D eigenvalue weighted by Gasteiger charge is -2.41. The molecule has 0 aliphatic heterocycles. The summed E-state index contributed by atoms with van der Waals surface area (Å²) in [7, 11) is 0. The van der Waals surface area contributed by atoms with Gasteiger partial charge in [0.25, 0.3) is 0 Å². The third-order valence-electron chi connectivity index (χ3n) is 4.13. The number of nitrogens with two attached hydrogens (primary N) is 1. The first-order valence-corrected chi connectivity index (χ1v) is 6.80. The van der Waals surface area contributed by atoms with Crippen molar-refractivity contribution in [1.82, 2.24) is 4.90 Å². The molecule has 3 heteroatoms. The molecule has 0 unspecified atom stereocenters. The van der Waals surface area contributed by atoms with Crippen LogP contribution in [0.4, 0.5) is 0 Å².